The van der Waals surface area contributed by atoms with Crippen molar-refractivity contribution in [3.05, 3.63) is 29.8 Å². The van der Waals surface area contributed by atoms with Gasteiger partial charge in [-0.2, -0.15) is 0 Å². The van der Waals surface area contributed by atoms with Gasteiger partial charge in [-0.1, -0.05) is 17.7 Å². The molecule has 0 amide bonds. The lowest BCUT2D eigenvalue weighted by Gasteiger charge is -2.23. The number of hydrogen-bond acceptors (Lipinski definition) is 4. The molecular weight excluding hydrogens is 260 g/mol. The fourth-order valence-electron chi connectivity index (χ4n) is 1.82. The second-order valence-electron chi connectivity index (χ2n) is 4.80. The Bertz CT molecular complexity index is 469. The zero-order valence-electron chi connectivity index (χ0n) is 12.0. The van der Waals surface area contributed by atoms with E-state index in [0.29, 0.717) is 6.54 Å². The molecule has 1 N–H and O–H groups in total. The summed E-state index contributed by atoms with van der Waals surface area (Å²) >= 11 is 0. The molecule has 5 heteroatoms. The van der Waals surface area contributed by atoms with Gasteiger partial charge in [0, 0.05) is 38.1 Å². The van der Waals surface area contributed by atoms with Crippen LogP contribution in [0.15, 0.2) is 24.3 Å². The zero-order chi connectivity index (χ0) is 14.3. The molecule has 0 spiro atoms. The van der Waals surface area contributed by atoms with Crippen molar-refractivity contribution in [3.8, 4) is 0 Å². The Kier molecular flexibility index (Phi) is 6.31. The Balaban J connectivity index is 2.35. The number of sulfone groups is 1. The van der Waals surface area contributed by atoms with Crippen molar-refractivity contribution >= 4 is 15.5 Å². The molecule has 0 aliphatic rings. The van der Waals surface area contributed by atoms with Gasteiger partial charge in [0.1, 0.15) is 9.84 Å². The summed E-state index contributed by atoms with van der Waals surface area (Å²) in [6, 6.07) is 8.45. The molecule has 0 fully saturated rings. The molecule has 1 rings (SSSR count). The van der Waals surface area contributed by atoms with E-state index in [1.165, 1.54) is 17.5 Å². The Hall–Kier alpha value is -1.07. The number of anilines is 1. The summed E-state index contributed by atoms with van der Waals surface area (Å²) in [5.41, 5.74) is 2.46. The van der Waals surface area contributed by atoms with E-state index >= 15 is 0 Å². The molecule has 0 saturated heterocycles. The second kappa shape index (κ2) is 7.50. The van der Waals surface area contributed by atoms with E-state index in [2.05, 4.69) is 48.3 Å². The Morgan fingerprint density at radius 1 is 1.16 bits per heavy atom. The van der Waals surface area contributed by atoms with Gasteiger partial charge >= 0.3 is 0 Å². The SMILES string of the molecule is CCN(CCNCCS(C)(=O)=O)c1ccc(C)cc1. The fraction of sp³-hybridized carbons (Fsp3) is 0.571. The van der Waals surface area contributed by atoms with Crippen molar-refractivity contribution in [1.82, 2.24) is 5.32 Å². The minimum Gasteiger partial charge on any atom is -0.371 e. The third-order valence-corrected chi connectivity index (χ3v) is 3.93. The quantitative estimate of drug-likeness (QED) is 0.734. The first-order chi connectivity index (χ1) is 8.92. The first-order valence-electron chi connectivity index (χ1n) is 6.62. The number of rotatable bonds is 8. The topological polar surface area (TPSA) is 49.4 Å². The highest BCUT2D eigenvalue weighted by atomic mass is 32.2. The van der Waals surface area contributed by atoms with Crippen LogP contribution < -0.4 is 10.2 Å². The molecular formula is C14H24N2O2S. The van der Waals surface area contributed by atoms with Crippen molar-refractivity contribution in [2.24, 2.45) is 0 Å². The Labute approximate surface area is 116 Å². The lowest BCUT2D eigenvalue weighted by Crippen LogP contribution is -2.33. The molecule has 0 aliphatic carbocycles. The van der Waals surface area contributed by atoms with Gasteiger partial charge in [0.25, 0.3) is 0 Å². The number of benzene rings is 1. The summed E-state index contributed by atoms with van der Waals surface area (Å²) in [4.78, 5) is 2.27. The molecule has 0 unspecified atom stereocenters. The molecule has 19 heavy (non-hydrogen) atoms. The summed E-state index contributed by atoms with van der Waals surface area (Å²) in [6.07, 6.45) is 1.26. The van der Waals surface area contributed by atoms with Crippen LogP contribution in [0.2, 0.25) is 0 Å². The van der Waals surface area contributed by atoms with Crippen LogP contribution in [-0.4, -0.2) is 46.6 Å². The van der Waals surface area contributed by atoms with Crippen molar-refractivity contribution < 1.29 is 8.42 Å². The van der Waals surface area contributed by atoms with Crippen LogP contribution in [0.25, 0.3) is 0 Å². The molecule has 0 radical (unpaired) electrons. The summed E-state index contributed by atoms with van der Waals surface area (Å²) in [6.45, 7) is 7.32. The average molecular weight is 284 g/mol. The normalized spacial score (nSPS) is 11.5. The molecule has 0 aliphatic heterocycles. The van der Waals surface area contributed by atoms with Crippen LogP contribution in [0, 0.1) is 6.92 Å². The van der Waals surface area contributed by atoms with E-state index in [9.17, 15) is 8.42 Å². The van der Waals surface area contributed by atoms with Crippen LogP contribution >= 0.6 is 0 Å². The number of aryl methyl sites for hydroxylation is 1. The third-order valence-electron chi connectivity index (χ3n) is 2.99. The summed E-state index contributed by atoms with van der Waals surface area (Å²) in [5, 5.41) is 3.17. The van der Waals surface area contributed by atoms with Gasteiger partial charge in [0.2, 0.25) is 0 Å². The predicted molar refractivity (Wildman–Crippen MR) is 81.6 cm³/mol. The first kappa shape index (κ1) is 16.0. The van der Waals surface area contributed by atoms with Gasteiger partial charge in [-0.15, -0.1) is 0 Å². The van der Waals surface area contributed by atoms with E-state index in [1.54, 1.807) is 0 Å². The fourth-order valence-corrected chi connectivity index (χ4v) is 2.34. The first-order valence-corrected chi connectivity index (χ1v) is 8.68. The molecule has 1 aromatic carbocycles. The molecule has 4 nitrogen and oxygen atoms in total. The van der Waals surface area contributed by atoms with Crippen LogP contribution in [0.5, 0.6) is 0 Å². The van der Waals surface area contributed by atoms with Crippen LogP contribution in [0.3, 0.4) is 0 Å². The molecule has 108 valence electrons. The van der Waals surface area contributed by atoms with Crippen molar-refractivity contribution in [2.45, 2.75) is 13.8 Å². The second-order valence-corrected chi connectivity index (χ2v) is 7.05. The van der Waals surface area contributed by atoms with Crippen molar-refractivity contribution in [2.75, 3.05) is 43.1 Å². The van der Waals surface area contributed by atoms with Crippen LogP contribution in [-0.2, 0) is 9.84 Å². The molecule has 1 aromatic rings. The van der Waals surface area contributed by atoms with E-state index in [-0.39, 0.29) is 5.75 Å². The average Bonchev–Trinajstić information content (AvgIpc) is 2.34. The number of nitrogens with one attached hydrogen (secondary N) is 1. The van der Waals surface area contributed by atoms with Gasteiger partial charge in [0.15, 0.2) is 0 Å². The summed E-state index contributed by atoms with van der Waals surface area (Å²) in [7, 11) is -2.86. The van der Waals surface area contributed by atoms with Crippen LogP contribution in [0.1, 0.15) is 12.5 Å². The molecule has 0 aromatic heterocycles. The van der Waals surface area contributed by atoms with Gasteiger partial charge in [-0.05, 0) is 26.0 Å². The van der Waals surface area contributed by atoms with E-state index in [4.69, 9.17) is 0 Å². The highest BCUT2D eigenvalue weighted by Gasteiger charge is 2.04. The monoisotopic (exact) mass is 284 g/mol. The standard InChI is InChI=1S/C14H24N2O2S/c1-4-16(14-7-5-13(2)6-8-14)11-9-15-10-12-19(3,17)18/h5-8,15H,4,9-12H2,1-3H3. The Morgan fingerprint density at radius 3 is 2.32 bits per heavy atom. The number of likely N-dealkylation sites (N-methyl/N-ethyl adjacent to an activating group) is 1. The molecule has 0 atom stereocenters. The van der Waals surface area contributed by atoms with Crippen molar-refractivity contribution in [1.29, 1.82) is 0 Å². The molecule has 0 saturated carbocycles. The zero-order valence-corrected chi connectivity index (χ0v) is 12.8. The Morgan fingerprint density at radius 2 is 1.79 bits per heavy atom. The number of hydrogen-bond donors (Lipinski definition) is 1. The van der Waals surface area contributed by atoms with Crippen molar-refractivity contribution in [3.63, 3.8) is 0 Å². The highest BCUT2D eigenvalue weighted by molar-refractivity contribution is 7.90. The van der Waals surface area contributed by atoms with Gasteiger partial charge in [0.05, 0.1) is 5.75 Å². The number of nitrogens with zero attached hydrogens (tertiary/aromatic N) is 1. The lowest BCUT2D eigenvalue weighted by molar-refractivity contribution is 0.596. The van der Waals surface area contributed by atoms with E-state index < -0.39 is 9.84 Å². The smallest absolute Gasteiger partial charge is 0.148 e. The van der Waals surface area contributed by atoms with Gasteiger partial charge in [-0.25, -0.2) is 8.42 Å². The maximum Gasteiger partial charge on any atom is 0.148 e. The van der Waals surface area contributed by atoms with Gasteiger partial charge in [-0.3, -0.25) is 0 Å². The lowest BCUT2D eigenvalue weighted by atomic mass is 10.2. The van der Waals surface area contributed by atoms with Gasteiger partial charge < -0.3 is 10.2 Å². The predicted octanol–water partition coefficient (Wildman–Crippen LogP) is 1.46. The molecule has 0 heterocycles. The highest BCUT2D eigenvalue weighted by Crippen LogP contribution is 2.14. The van der Waals surface area contributed by atoms with E-state index in [1.807, 2.05) is 0 Å². The largest absolute Gasteiger partial charge is 0.371 e. The van der Waals surface area contributed by atoms with Crippen LogP contribution in [0.4, 0.5) is 5.69 Å². The maximum atomic E-state index is 11.0. The minimum atomic E-state index is -2.86. The summed E-state index contributed by atoms with van der Waals surface area (Å²) in [5.74, 6) is 0.198. The minimum absolute atomic E-state index is 0.198. The molecule has 0 bridgehead atoms. The summed E-state index contributed by atoms with van der Waals surface area (Å²) < 4.78 is 22.0. The third kappa shape index (κ3) is 6.59. The maximum absolute atomic E-state index is 11.0. The van der Waals surface area contributed by atoms with E-state index in [0.717, 1.165) is 19.6 Å².